The first-order chi connectivity index (χ1) is 5.70. The number of Topliss-reactive ketones (excluding diaryl/α,β-unsaturated/α-hetero) is 1. The number of fused-ring (bicyclic) bond motifs is 1. The number of rotatable bonds is 0. The van der Waals surface area contributed by atoms with Gasteiger partial charge >= 0.3 is 0 Å². The van der Waals surface area contributed by atoms with Gasteiger partial charge in [-0.15, -0.1) is 0 Å². The van der Waals surface area contributed by atoms with Gasteiger partial charge in [0, 0.05) is 18.9 Å². The second-order valence-electron chi connectivity index (χ2n) is 4.21. The summed E-state index contributed by atoms with van der Waals surface area (Å²) in [6.07, 6.45) is 2.03. The summed E-state index contributed by atoms with van der Waals surface area (Å²) in [7, 11) is 0. The van der Waals surface area contributed by atoms with Crippen LogP contribution < -0.4 is 0 Å². The Morgan fingerprint density at radius 2 is 2.17 bits per heavy atom. The summed E-state index contributed by atoms with van der Waals surface area (Å²) in [6.45, 7) is 5.15. The van der Waals surface area contributed by atoms with Crippen LogP contribution >= 0.6 is 0 Å². The molecule has 0 aromatic heterocycles. The van der Waals surface area contributed by atoms with Crippen LogP contribution in [0.2, 0.25) is 0 Å². The van der Waals surface area contributed by atoms with Crippen molar-refractivity contribution < 1.29 is 9.53 Å². The first kappa shape index (κ1) is 8.24. The van der Waals surface area contributed by atoms with Gasteiger partial charge in [-0.05, 0) is 18.3 Å². The van der Waals surface area contributed by atoms with E-state index in [1.54, 1.807) is 0 Å². The van der Waals surface area contributed by atoms with Crippen LogP contribution in [0.4, 0.5) is 0 Å². The van der Waals surface area contributed by atoms with Crippen molar-refractivity contribution >= 4 is 5.78 Å². The molecule has 2 fully saturated rings. The highest BCUT2D eigenvalue weighted by Gasteiger charge is 2.44. The standard InChI is InChI=1S/C10H16O2/c1-6-3-4-12-9-5-8(11)7(2)10(6)9/h6-7,9-10H,3-5H2,1-2H3/t6-,7+,9?,10-/m0/s1. The van der Waals surface area contributed by atoms with Crippen LogP contribution in [0.1, 0.15) is 26.7 Å². The summed E-state index contributed by atoms with van der Waals surface area (Å²) in [5, 5.41) is 0. The zero-order chi connectivity index (χ0) is 8.72. The molecule has 2 aliphatic rings. The van der Waals surface area contributed by atoms with E-state index >= 15 is 0 Å². The molecular weight excluding hydrogens is 152 g/mol. The quantitative estimate of drug-likeness (QED) is 0.549. The maximum atomic E-state index is 11.4. The highest BCUT2D eigenvalue weighted by atomic mass is 16.5. The molecule has 1 unspecified atom stereocenters. The normalized spacial score (nSPS) is 47.7. The van der Waals surface area contributed by atoms with Gasteiger partial charge in [-0.1, -0.05) is 13.8 Å². The molecule has 1 saturated carbocycles. The summed E-state index contributed by atoms with van der Waals surface area (Å²) in [4.78, 5) is 11.4. The smallest absolute Gasteiger partial charge is 0.138 e. The highest BCUT2D eigenvalue weighted by Crippen LogP contribution is 2.40. The molecule has 0 bridgehead atoms. The molecular formula is C10H16O2. The van der Waals surface area contributed by atoms with Crippen molar-refractivity contribution in [3.63, 3.8) is 0 Å². The predicted molar refractivity (Wildman–Crippen MR) is 45.8 cm³/mol. The zero-order valence-electron chi connectivity index (χ0n) is 7.75. The Kier molecular flexibility index (Phi) is 1.95. The van der Waals surface area contributed by atoms with Crippen LogP contribution in [0.15, 0.2) is 0 Å². The molecule has 4 atom stereocenters. The van der Waals surface area contributed by atoms with E-state index in [4.69, 9.17) is 4.74 Å². The van der Waals surface area contributed by atoms with Gasteiger partial charge in [-0.3, -0.25) is 4.79 Å². The molecule has 1 aliphatic carbocycles. The minimum absolute atomic E-state index is 0.241. The second kappa shape index (κ2) is 2.84. The zero-order valence-corrected chi connectivity index (χ0v) is 7.75. The fourth-order valence-electron chi connectivity index (χ4n) is 2.68. The van der Waals surface area contributed by atoms with Crippen LogP contribution in [-0.2, 0) is 9.53 Å². The topological polar surface area (TPSA) is 26.3 Å². The lowest BCUT2D eigenvalue weighted by atomic mass is 9.81. The average molecular weight is 168 g/mol. The molecule has 68 valence electrons. The first-order valence-electron chi connectivity index (χ1n) is 4.84. The number of hydrogen-bond donors (Lipinski definition) is 0. The maximum Gasteiger partial charge on any atom is 0.138 e. The molecule has 1 saturated heterocycles. The Labute approximate surface area is 73.3 Å². The van der Waals surface area contributed by atoms with Crippen molar-refractivity contribution in [2.75, 3.05) is 6.61 Å². The number of ketones is 1. The molecule has 1 heterocycles. The van der Waals surface area contributed by atoms with Crippen LogP contribution in [0, 0.1) is 17.8 Å². The maximum absolute atomic E-state index is 11.4. The number of hydrogen-bond acceptors (Lipinski definition) is 2. The lowest BCUT2D eigenvalue weighted by Crippen LogP contribution is -2.33. The molecule has 0 aromatic rings. The van der Waals surface area contributed by atoms with Crippen LogP contribution in [0.3, 0.4) is 0 Å². The fraction of sp³-hybridized carbons (Fsp3) is 0.900. The second-order valence-corrected chi connectivity index (χ2v) is 4.21. The SMILES string of the molecule is C[C@@H]1C(=O)CC2OCC[C@H](C)[C@H]21. The Morgan fingerprint density at radius 1 is 1.42 bits per heavy atom. The Balaban J connectivity index is 2.17. The molecule has 0 N–H and O–H groups in total. The molecule has 0 spiro atoms. The van der Waals surface area contributed by atoms with E-state index < -0.39 is 0 Å². The van der Waals surface area contributed by atoms with Crippen molar-refractivity contribution in [1.29, 1.82) is 0 Å². The van der Waals surface area contributed by atoms with Crippen LogP contribution in [0.5, 0.6) is 0 Å². The highest BCUT2D eigenvalue weighted by molar-refractivity contribution is 5.84. The van der Waals surface area contributed by atoms with Gasteiger partial charge < -0.3 is 4.74 Å². The predicted octanol–water partition coefficient (Wildman–Crippen LogP) is 1.64. The third kappa shape index (κ3) is 1.09. The largest absolute Gasteiger partial charge is 0.377 e. The lowest BCUT2D eigenvalue weighted by molar-refractivity contribution is -0.121. The monoisotopic (exact) mass is 168 g/mol. The van der Waals surface area contributed by atoms with Gasteiger partial charge in [0.1, 0.15) is 5.78 Å². The van der Waals surface area contributed by atoms with E-state index in [1.165, 1.54) is 0 Å². The number of ether oxygens (including phenoxy) is 1. The average Bonchev–Trinajstić information content (AvgIpc) is 2.29. The molecule has 12 heavy (non-hydrogen) atoms. The summed E-state index contributed by atoms with van der Waals surface area (Å²) in [6, 6.07) is 0. The molecule has 2 nitrogen and oxygen atoms in total. The van der Waals surface area contributed by atoms with E-state index in [-0.39, 0.29) is 12.0 Å². The first-order valence-corrected chi connectivity index (χ1v) is 4.84. The van der Waals surface area contributed by atoms with Crippen molar-refractivity contribution in [2.45, 2.75) is 32.8 Å². The van der Waals surface area contributed by atoms with E-state index in [0.29, 0.717) is 24.0 Å². The molecule has 1 aliphatic heterocycles. The van der Waals surface area contributed by atoms with Gasteiger partial charge in [-0.25, -0.2) is 0 Å². The van der Waals surface area contributed by atoms with Gasteiger partial charge in [0.15, 0.2) is 0 Å². The van der Waals surface area contributed by atoms with Crippen molar-refractivity contribution in [2.24, 2.45) is 17.8 Å². The summed E-state index contributed by atoms with van der Waals surface area (Å²) < 4.78 is 5.59. The molecule has 0 aromatic carbocycles. The molecule has 0 amide bonds. The minimum Gasteiger partial charge on any atom is -0.377 e. The van der Waals surface area contributed by atoms with Crippen molar-refractivity contribution in [1.82, 2.24) is 0 Å². The molecule has 0 radical (unpaired) electrons. The van der Waals surface area contributed by atoms with Crippen molar-refractivity contribution in [3.05, 3.63) is 0 Å². The molecule has 2 rings (SSSR count). The van der Waals surface area contributed by atoms with E-state index in [9.17, 15) is 4.79 Å². The van der Waals surface area contributed by atoms with Crippen LogP contribution in [0.25, 0.3) is 0 Å². The van der Waals surface area contributed by atoms with Gasteiger partial charge in [0.05, 0.1) is 6.10 Å². The number of carbonyl (C=O) groups is 1. The minimum atomic E-state index is 0.241. The lowest BCUT2D eigenvalue weighted by Gasteiger charge is -2.33. The summed E-state index contributed by atoms with van der Waals surface area (Å²) in [5.74, 6) is 1.82. The Morgan fingerprint density at radius 3 is 2.83 bits per heavy atom. The Bertz CT molecular complexity index is 200. The van der Waals surface area contributed by atoms with Crippen molar-refractivity contribution in [3.8, 4) is 0 Å². The third-order valence-electron chi connectivity index (χ3n) is 3.48. The van der Waals surface area contributed by atoms with Gasteiger partial charge in [0.25, 0.3) is 0 Å². The summed E-state index contributed by atoms with van der Waals surface area (Å²) >= 11 is 0. The van der Waals surface area contributed by atoms with E-state index in [0.717, 1.165) is 13.0 Å². The summed E-state index contributed by atoms with van der Waals surface area (Å²) in [5.41, 5.74) is 0. The third-order valence-corrected chi connectivity index (χ3v) is 3.48. The Hall–Kier alpha value is -0.370. The van der Waals surface area contributed by atoms with Gasteiger partial charge in [0.2, 0.25) is 0 Å². The van der Waals surface area contributed by atoms with Gasteiger partial charge in [-0.2, -0.15) is 0 Å². The van der Waals surface area contributed by atoms with E-state index in [2.05, 4.69) is 13.8 Å². The molecule has 2 heteroatoms. The van der Waals surface area contributed by atoms with E-state index in [1.807, 2.05) is 0 Å². The van der Waals surface area contributed by atoms with Crippen LogP contribution in [-0.4, -0.2) is 18.5 Å². The number of carbonyl (C=O) groups excluding carboxylic acids is 1. The fourth-order valence-corrected chi connectivity index (χ4v) is 2.68.